The molecular formula is C18H22ClN3O2. The Morgan fingerprint density at radius 2 is 2.21 bits per heavy atom. The summed E-state index contributed by atoms with van der Waals surface area (Å²) in [6, 6.07) is 11.7. The fourth-order valence-electron chi connectivity index (χ4n) is 3.06. The SMILES string of the molecule is COc1cccc(C2CCCN2C(=O)Cc2ccc(N)cn2)c1.Cl. The number of rotatable bonds is 4. The second kappa shape index (κ2) is 8.02. The summed E-state index contributed by atoms with van der Waals surface area (Å²) in [6.45, 7) is 0.787. The van der Waals surface area contributed by atoms with E-state index in [1.54, 1.807) is 19.4 Å². The normalized spacial score (nSPS) is 16.5. The van der Waals surface area contributed by atoms with E-state index >= 15 is 0 Å². The van der Waals surface area contributed by atoms with E-state index in [9.17, 15) is 4.79 Å². The number of ether oxygens (including phenoxy) is 1. The Labute approximate surface area is 148 Å². The van der Waals surface area contributed by atoms with Crippen molar-refractivity contribution in [2.24, 2.45) is 0 Å². The highest BCUT2D eigenvalue weighted by molar-refractivity contribution is 5.85. The second-order valence-electron chi connectivity index (χ2n) is 5.78. The molecule has 1 aromatic carbocycles. The predicted molar refractivity (Wildman–Crippen MR) is 96.3 cm³/mol. The molecule has 3 rings (SSSR count). The zero-order chi connectivity index (χ0) is 16.2. The van der Waals surface area contributed by atoms with E-state index in [4.69, 9.17) is 10.5 Å². The van der Waals surface area contributed by atoms with Crippen molar-refractivity contribution in [2.75, 3.05) is 19.4 Å². The first-order chi connectivity index (χ1) is 11.2. The van der Waals surface area contributed by atoms with Crippen molar-refractivity contribution in [1.29, 1.82) is 0 Å². The lowest BCUT2D eigenvalue weighted by atomic mass is 10.0. The third-order valence-corrected chi connectivity index (χ3v) is 4.23. The molecular weight excluding hydrogens is 326 g/mol. The molecule has 2 N–H and O–H groups in total. The average molecular weight is 348 g/mol. The van der Waals surface area contributed by atoms with Gasteiger partial charge in [0, 0.05) is 12.2 Å². The number of halogens is 1. The second-order valence-corrected chi connectivity index (χ2v) is 5.78. The summed E-state index contributed by atoms with van der Waals surface area (Å²) < 4.78 is 5.29. The van der Waals surface area contributed by atoms with Gasteiger partial charge in [0.05, 0.1) is 31.5 Å². The molecule has 1 saturated heterocycles. The highest BCUT2D eigenvalue weighted by Gasteiger charge is 2.30. The van der Waals surface area contributed by atoms with Crippen LogP contribution in [0.5, 0.6) is 5.75 Å². The number of carbonyl (C=O) groups excluding carboxylic acids is 1. The molecule has 1 aliphatic heterocycles. The molecule has 1 unspecified atom stereocenters. The topological polar surface area (TPSA) is 68.5 Å². The minimum atomic E-state index is 0. The third kappa shape index (κ3) is 3.97. The maximum atomic E-state index is 12.7. The van der Waals surface area contributed by atoms with Crippen LogP contribution in [0, 0.1) is 0 Å². The van der Waals surface area contributed by atoms with Crippen LogP contribution in [-0.4, -0.2) is 29.4 Å². The fraction of sp³-hybridized carbons (Fsp3) is 0.333. The number of amides is 1. The Morgan fingerprint density at radius 1 is 1.38 bits per heavy atom. The van der Waals surface area contributed by atoms with E-state index < -0.39 is 0 Å². The zero-order valence-corrected chi connectivity index (χ0v) is 14.5. The molecule has 1 atom stereocenters. The number of hydrogen-bond donors (Lipinski definition) is 1. The van der Waals surface area contributed by atoms with Crippen molar-refractivity contribution in [3.63, 3.8) is 0 Å². The van der Waals surface area contributed by atoms with Gasteiger partial charge in [0.2, 0.25) is 5.91 Å². The number of aromatic nitrogens is 1. The summed E-state index contributed by atoms with van der Waals surface area (Å²) >= 11 is 0. The van der Waals surface area contributed by atoms with Crippen molar-refractivity contribution in [3.8, 4) is 5.75 Å². The number of nitrogens with two attached hydrogens (primary N) is 1. The molecule has 0 aliphatic carbocycles. The van der Waals surface area contributed by atoms with Crippen LogP contribution in [0.2, 0.25) is 0 Å². The number of hydrogen-bond acceptors (Lipinski definition) is 4. The highest BCUT2D eigenvalue weighted by Crippen LogP contribution is 2.33. The van der Waals surface area contributed by atoms with Crippen molar-refractivity contribution in [1.82, 2.24) is 9.88 Å². The van der Waals surface area contributed by atoms with E-state index in [1.165, 1.54) is 0 Å². The van der Waals surface area contributed by atoms with Crippen LogP contribution in [0.25, 0.3) is 0 Å². The first-order valence-electron chi connectivity index (χ1n) is 7.81. The Morgan fingerprint density at radius 3 is 2.92 bits per heavy atom. The number of nitrogens with zero attached hydrogens (tertiary/aromatic N) is 2. The van der Waals surface area contributed by atoms with Gasteiger partial charge in [-0.25, -0.2) is 0 Å². The van der Waals surface area contributed by atoms with Crippen molar-refractivity contribution in [3.05, 3.63) is 53.9 Å². The van der Waals surface area contributed by atoms with Gasteiger partial charge in [0.25, 0.3) is 0 Å². The van der Waals surface area contributed by atoms with Crippen molar-refractivity contribution >= 4 is 24.0 Å². The highest BCUT2D eigenvalue weighted by atomic mass is 35.5. The summed E-state index contributed by atoms with van der Waals surface area (Å²) in [5.41, 5.74) is 8.12. The first kappa shape index (κ1) is 18.1. The molecule has 1 aliphatic rings. The first-order valence-corrected chi connectivity index (χ1v) is 7.81. The van der Waals surface area contributed by atoms with Gasteiger partial charge in [-0.2, -0.15) is 0 Å². The number of methoxy groups -OCH3 is 1. The lowest BCUT2D eigenvalue weighted by molar-refractivity contribution is -0.131. The molecule has 24 heavy (non-hydrogen) atoms. The maximum absolute atomic E-state index is 12.7. The molecule has 0 radical (unpaired) electrons. The van der Waals surface area contributed by atoms with Gasteiger partial charge in [-0.3, -0.25) is 9.78 Å². The Bertz CT molecular complexity index is 691. The molecule has 1 fully saturated rings. The number of pyridine rings is 1. The summed E-state index contributed by atoms with van der Waals surface area (Å²) in [5.74, 6) is 0.926. The minimum absolute atomic E-state index is 0. The van der Waals surface area contributed by atoms with E-state index in [1.807, 2.05) is 29.2 Å². The van der Waals surface area contributed by atoms with E-state index in [2.05, 4.69) is 11.1 Å². The van der Waals surface area contributed by atoms with Gasteiger partial charge in [0.1, 0.15) is 5.75 Å². The molecule has 5 nitrogen and oxygen atoms in total. The van der Waals surface area contributed by atoms with Crippen LogP contribution < -0.4 is 10.5 Å². The number of anilines is 1. The van der Waals surface area contributed by atoms with Crippen LogP contribution in [-0.2, 0) is 11.2 Å². The molecule has 6 heteroatoms. The summed E-state index contributed by atoms with van der Waals surface area (Å²) in [5, 5.41) is 0. The standard InChI is InChI=1S/C18H21N3O2.ClH/c1-23-16-5-2-4-13(10-16)17-6-3-9-21(17)18(22)11-15-8-7-14(19)12-20-15;/h2,4-5,7-8,10,12,17H,3,6,9,11,19H2,1H3;1H. The summed E-state index contributed by atoms with van der Waals surface area (Å²) in [7, 11) is 1.66. The van der Waals surface area contributed by atoms with E-state index in [-0.39, 0.29) is 24.4 Å². The Balaban J connectivity index is 0.00000208. The fourth-order valence-corrected chi connectivity index (χ4v) is 3.06. The van der Waals surface area contributed by atoms with Gasteiger partial charge in [-0.15, -0.1) is 12.4 Å². The smallest absolute Gasteiger partial charge is 0.229 e. The third-order valence-electron chi connectivity index (χ3n) is 4.23. The molecule has 2 aromatic rings. The van der Waals surface area contributed by atoms with Crippen LogP contribution in [0.4, 0.5) is 5.69 Å². The molecule has 2 heterocycles. The van der Waals surface area contributed by atoms with Gasteiger partial charge in [-0.05, 0) is 42.7 Å². The molecule has 0 spiro atoms. The minimum Gasteiger partial charge on any atom is -0.497 e. The van der Waals surface area contributed by atoms with Crippen LogP contribution >= 0.6 is 12.4 Å². The summed E-state index contributed by atoms with van der Waals surface area (Å²) in [4.78, 5) is 18.8. The Kier molecular flexibility index (Phi) is 6.04. The molecule has 0 bridgehead atoms. The zero-order valence-electron chi connectivity index (χ0n) is 13.6. The monoisotopic (exact) mass is 347 g/mol. The quantitative estimate of drug-likeness (QED) is 0.923. The van der Waals surface area contributed by atoms with Crippen LogP contribution in [0.15, 0.2) is 42.6 Å². The van der Waals surface area contributed by atoms with Crippen LogP contribution in [0.3, 0.4) is 0 Å². The van der Waals surface area contributed by atoms with E-state index in [0.29, 0.717) is 12.1 Å². The lowest BCUT2D eigenvalue weighted by Gasteiger charge is -2.25. The van der Waals surface area contributed by atoms with Crippen molar-refractivity contribution in [2.45, 2.75) is 25.3 Å². The Hall–Kier alpha value is -2.27. The maximum Gasteiger partial charge on any atom is 0.229 e. The van der Waals surface area contributed by atoms with Crippen LogP contribution in [0.1, 0.15) is 30.1 Å². The number of nitrogen functional groups attached to an aromatic ring is 1. The molecule has 1 aromatic heterocycles. The van der Waals surface area contributed by atoms with Gasteiger partial charge >= 0.3 is 0 Å². The molecule has 128 valence electrons. The largest absolute Gasteiger partial charge is 0.497 e. The van der Waals surface area contributed by atoms with Gasteiger partial charge in [-0.1, -0.05) is 12.1 Å². The lowest BCUT2D eigenvalue weighted by Crippen LogP contribution is -2.32. The molecule has 1 amide bonds. The summed E-state index contributed by atoms with van der Waals surface area (Å²) in [6.07, 6.45) is 3.89. The molecule has 0 saturated carbocycles. The van der Waals surface area contributed by atoms with Crippen molar-refractivity contribution < 1.29 is 9.53 Å². The predicted octanol–water partition coefficient (Wildman–Crippen LogP) is 3.00. The number of benzene rings is 1. The van der Waals surface area contributed by atoms with Gasteiger partial charge in [0.15, 0.2) is 0 Å². The number of carbonyl (C=O) groups is 1. The van der Waals surface area contributed by atoms with E-state index in [0.717, 1.165) is 36.4 Å². The number of likely N-dealkylation sites (tertiary alicyclic amines) is 1. The average Bonchev–Trinajstić information content (AvgIpc) is 3.07. The van der Waals surface area contributed by atoms with Gasteiger partial charge < -0.3 is 15.4 Å².